The van der Waals surface area contributed by atoms with Crippen LogP contribution in [0.5, 0.6) is 0 Å². The number of urea groups is 1. The lowest BCUT2D eigenvalue weighted by atomic mass is 9.96. The standard InChI is InChI=1S/C33H37F2N5O3/c34-25-12-10-24(11-13-25)22-40(32(42)29-8-4-5-9-30(29)35)23-31(41)36-27-14-16-28(17-15-27)38-18-20-39(21-19-38)33(43)37-26-6-2-1-3-7-26/h4-5,8-17,26H,1-3,6-7,18-23H2,(H,36,41)(H,37,43). The van der Waals surface area contributed by atoms with Gasteiger partial charge in [0.15, 0.2) is 0 Å². The second-order valence-electron chi connectivity index (χ2n) is 11.1. The molecule has 226 valence electrons. The molecule has 1 aliphatic heterocycles. The summed E-state index contributed by atoms with van der Waals surface area (Å²) < 4.78 is 27.8. The second-order valence-corrected chi connectivity index (χ2v) is 11.1. The van der Waals surface area contributed by atoms with Crippen LogP contribution in [0, 0.1) is 11.6 Å². The highest BCUT2D eigenvalue weighted by molar-refractivity contribution is 5.99. The lowest BCUT2D eigenvalue weighted by Crippen LogP contribution is -2.53. The van der Waals surface area contributed by atoms with E-state index in [1.165, 1.54) is 66.6 Å². The molecule has 3 aromatic rings. The van der Waals surface area contributed by atoms with Crippen LogP contribution in [0.25, 0.3) is 0 Å². The minimum absolute atomic E-state index is 0.00443. The summed E-state index contributed by atoms with van der Waals surface area (Å²) in [5.41, 5.74) is 2.00. The molecular weight excluding hydrogens is 552 g/mol. The second kappa shape index (κ2) is 14.1. The Morgan fingerprint density at radius 2 is 1.49 bits per heavy atom. The van der Waals surface area contributed by atoms with Crippen LogP contribution in [-0.4, -0.2) is 66.4 Å². The number of benzene rings is 3. The topological polar surface area (TPSA) is 85.0 Å². The third-order valence-corrected chi connectivity index (χ3v) is 8.03. The van der Waals surface area contributed by atoms with Gasteiger partial charge >= 0.3 is 6.03 Å². The third kappa shape index (κ3) is 8.09. The molecule has 8 nitrogen and oxygen atoms in total. The number of hydrogen-bond acceptors (Lipinski definition) is 4. The van der Waals surface area contributed by atoms with Gasteiger partial charge in [0.25, 0.3) is 5.91 Å². The monoisotopic (exact) mass is 589 g/mol. The van der Waals surface area contributed by atoms with Crippen molar-refractivity contribution in [1.82, 2.24) is 15.1 Å². The fourth-order valence-electron chi connectivity index (χ4n) is 5.62. The van der Waals surface area contributed by atoms with E-state index >= 15 is 0 Å². The number of anilines is 2. The van der Waals surface area contributed by atoms with Gasteiger partial charge in [0, 0.05) is 50.1 Å². The molecule has 0 bridgehead atoms. The molecule has 10 heteroatoms. The minimum atomic E-state index is -0.682. The molecule has 1 saturated heterocycles. The molecule has 0 radical (unpaired) electrons. The molecule has 3 aromatic carbocycles. The zero-order valence-electron chi connectivity index (χ0n) is 24.1. The van der Waals surface area contributed by atoms with Crippen molar-refractivity contribution >= 4 is 29.2 Å². The smallest absolute Gasteiger partial charge is 0.317 e. The summed E-state index contributed by atoms with van der Waals surface area (Å²) in [6.45, 7) is 2.37. The Balaban J connectivity index is 1.16. The first-order valence-corrected chi connectivity index (χ1v) is 14.8. The highest BCUT2D eigenvalue weighted by Gasteiger charge is 2.25. The number of rotatable bonds is 8. The Labute approximate surface area is 250 Å². The van der Waals surface area contributed by atoms with Gasteiger partial charge in [0.1, 0.15) is 18.2 Å². The van der Waals surface area contributed by atoms with Gasteiger partial charge in [-0.25, -0.2) is 13.6 Å². The van der Waals surface area contributed by atoms with Crippen molar-refractivity contribution < 1.29 is 23.2 Å². The van der Waals surface area contributed by atoms with E-state index in [-0.39, 0.29) is 30.7 Å². The summed E-state index contributed by atoms with van der Waals surface area (Å²) in [6.07, 6.45) is 5.72. The van der Waals surface area contributed by atoms with E-state index in [4.69, 9.17) is 0 Å². The Kier molecular flexibility index (Phi) is 9.86. The highest BCUT2D eigenvalue weighted by atomic mass is 19.1. The molecule has 0 aromatic heterocycles. The van der Waals surface area contributed by atoms with Crippen molar-refractivity contribution in [3.05, 3.63) is 95.6 Å². The van der Waals surface area contributed by atoms with Crippen LogP contribution in [-0.2, 0) is 11.3 Å². The molecule has 5 rings (SSSR count). The molecular formula is C33H37F2N5O3. The molecule has 43 heavy (non-hydrogen) atoms. The SMILES string of the molecule is O=C(CN(Cc1ccc(F)cc1)C(=O)c1ccccc1F)Nc1ccc(N2CCN(C(=O)NC3CCCCC3)CC2)cc1. The van der Waals surface area contributed by atoms with Gasteiger partial charge in [-0.15, -0.1) is 0 Å². The average molecular weight is 590 g/mol. The fraction of sp³-hybridized carbons (Fsp3) is 0.364. The predicted molar refractivity (Wildman–Crippen MR) is 162 cm³/mol. The van der Waals surface area contributed by atoms with E-state index < -0.39 is 23.4 Å². The Bertz CT molecular complexity index is 1400. The van der Waals surface area contributed by atoms with Crippen molar-refractivity contribution in [2.75, 3.05) is 42.9 Å². The van der Waals surface area contributed by atoms with Gasteiger partial charge in [0.05, 0.1) is 5.56 Å². The maximum atomic E-state index is 14.4. The van der Waals surface area contributed by atoms with E-state index in [0.29, 0.717) is 37.4 Å². The lowest BCUT2D eigenvalue weighted by molar-refractivity contribution is -0.117. The highest BCUT2D eigenvalue weighted by Crippen LogP contribution is 2.21. The Morgan fingerprint density at radius 1 is 0.814 bits per heavy atom. The van der Waals surface area contributed by atoms with Crippen molar-refractivity contribution in [3.63, 3.8) is 0 Å². The molecule has 0 atom stereocenters. The molecule has 1 saturated carbocycles. The maximum Gasteiger partial charge on any atom is 0.317 e. The fourth-order valence-corrected chi connectivity index (χ4v) is 5.62. The van der Waals surface area contributed by atoms with Crippen LogP contribution in [0.15, 0.2) is 72.8 Å². The molecule has 0 spiro atoms. The summed E-state index contributed by atoms with van der Waals surface area (Å²) in [7, 11) is 0. The molecule has 2 aliphatic rings. The molecule has 4 amide bonds. The van der Waals surface area contributed by atoms with E-state index in [9.17, 15) is 23.2 Å². The molecule has 1 heterocycles. The van der Waals surface area contributed by atoms with Crippen LogP contribution in [0.1, 0.15) is 48.0 Å². The number of carbonyl (C=O) groups excluding carboxylic acids is 3. The summed E-state index contributed by atoms with van der Waals surface area (Å²) in [5, 5.41) is 6.00. The molecule has 0 unspecified atom stereocenters. The normalized spacial score (nSPS) is 15.6. The first-order valence-electron chi connectivity index (χ1n) is 14.8. The van der Waals surface area contributed by atoms with Gasteiger partial charge in [0.2, 0.25) is 5.91 Å². The Hall–Kier alpha value is -4.47. The summed E-state index contributed by atoms with van der Waals surface area (Å²) in [6, 6.07) is 18.9. The van der Waals surface area contributed by atoms with E-state index in [0.717, 1.165) is 18.5 Å². The first-order chi connectivity index (χ1) is 20.9. The summed E-state index contributed by atoms with van der Waals surface area (Å²) in [4.78, 5) is 44.2. The summed E-state index contributed by atoms with van der Waals surface area (Å²) >= 11 is 0. The number of carbonyl (C=O) groups is 3. The minimum Gasteiger partial charge on any atom is -0.368 e. The van der Waals surface area contributed by atoms with Crippen LogP contribution >= 0.6 is 0 Å². The number of nitrogens with zero attached hydrogens (tertiary/aromatic N) is 3. The zero-order valence-corrected chi connectivity index (χ0v) is 24.1. The molecule has 2 fully saturated rings. The van der Waals surface area contributed by atoms with Gasteiger partial charge in [-0.2, -0.15) is 0 Å². The van der Waals surface area contributed by atoms with E-state index in [1.54, 1.807) is 18.2 Å². The lowest BCUT2D eigenvalue weighted by Gasteiger charge is -2.37. The van der Waals surface area contributed by atoms with Gasteiger partial charge in [-0.1, -0.05) is 43.5 Å². The van der Waals surface area contributed by atoms with Gasteiger partial charge < -0.3 is 25.3 Å². The van der Waals surface area contributed by atoms with Crippen molar-refractivity contribution in [2.45, 2.75) is 44.7 Å². The quantitative estimate of drug-likeness (QED) is 0.368. The number of hydrogen-bond donors (Lipinski definition) is 2. The van der Waals surface area contributed by atoms with Crippen molar-refractivity contribution in [2.24, 2.45) is 0 Å². The van der Waals surface area contributed by atoms with Crippen LogP contribution < -0.4 is 15.5 Å². The average Bonchev–Trinajstić information content (AvgIpc) is 3.02. The number of amides is 4. The summed E-state index contributed by atoms with van der Waals surface area (Å²) in [5.74, 6) is -2.19. The van der Waals surface area contributed by atoms with Crippen LogP contribution in [0.2, 0.25) is 0 Å². The van der Waals surface area contributed by atoms with Crippen molar-refractivity contribution in [3.8, 4) is 0 Å². The Morgan fingerprint density at radius 3 is 2.16 bits per heavy atom. The number of nitrogens with one attached hydrogen (secondary N) is 2. The zero-order chi connectivity index (χ0) is 30.2. The van der Waals surface area contributed by atoms with Gasteiger partial charge in [-0.05, 0) is 66.9 Å². The van der Waals surface area contributed by atoms with E-state index in [1.807, 2.05) is 17.0 Å². The molecule has 1 aliphatic carbocycles. The first kappa shape index (κ1) is 30.0. The number of piperazine rings is 1. The number of halogens is 2. The third-order valence-electron chi connectivity index (χ3n) is 8.03. The largest absolute Gasteiger partial charge is 0.368 e. The van der Waals surface area contributed by atoms with Crippen LogP contribution in [0.3, 0.4) is 0 Å². The van der Waals surface area contributed by atoms with Crippen LogP contribution in [0.4, 0.5) is 25.0 Å². The maximum absolute atomic E-state index is 14.4. The van der Waals surface area contributed by atoms with Gasteiger partial charge in [-0.3, -0.25) is 9.59 Å². The molecule has 2 N–H and O–H groups in total. The van der Waals surface area contributed by atoms with E-state index in [2.05, 4.69) is 15.5 Å². The van der Waals surface area contributed by atoms with Crippen molar-refractivity contribution in [1.29, 1.82) is 0 Å². The predicted octanol–water partition coefficient (Wildman–Crippen LogP) is 5.41.